The van der Waals surface area contributed by atoms with Gasteiger partial charge in [-0.05, 0) is 25.1 Å². The zero-order chi connectivity index (χ0) is 10.8. The topological polar surface area (TPSA) is 56.2 Å². The summed E-state index contributed by atoms with van der Waals surface area (Å²) in [5.41, 5.74) is 8.29. The minimum Gasteiger partial charge on any atom is -0.472 e. The second-order valence-corrected chi connectivity index (χ2v) is 3.43. The van der Waals surface area contributed by atoms with Gasteiger partial charge in [0.15, 0.2) is 5.78 Å². The molecule has 0 bridgehead atoms. The molecule has 2 rings (SSSR count). The maximum Gasteiger partial charge on any atom is 0.198 e. The molecule has 0 atom stereocenters. The molecule has 3 heteroatoms. The van der Waals surface area contributed by atoms with Crippen molar-refractivity contribution < 1.29 is 9.21 Å². The number of hydrogen-bond acceptors (Lipinski definition) is 3. The Morgan fingerprint density at radius 1 is 1.33 bits per heavy atom. The number of hydrogen-bond donors (Lipinski definition) is 1. The number of nitrogens with two attached hydrogens (primary N) is 1. The van der Waals surface area contributed by atoms with Gasteiger partial charge in [0.1, 0.15) is 6.26 Å². The fourth-order valence-corrected chi connectivity index (χ4v) is 1.42. The molecule has 1 heterocycles. The summed E-state index contributed by atoms with van der Waals surface area (Å²) >= 11 is 0. The van der Waals surface area contributed by atoms with Gasteiger partial charge in [-0.25, -0.2) is 0 Å². The van der Waals surface area contributed by atoms with E-state index in [0.29, 0.717) is 16.8 Å². The molecule has 0 fully saturated rings. The minimum atomic E-state index is -0.107. The van der Waals surface area contributed by atoms with Crippen LogP contribution < -0.4 is 5.73 Å². The van der Waals surface area contributed by atoms with Crippen LogP contribution >= 0.6 is 0 Å². The number of carbonyl (C=O) groups is 1. The highest BCUT2D eigenvalue weighted by Gasteiger charge is 2.13. The molecule has 1 aromatic heterocycles. The van der Waals surface area contributed by atoms with Gasteiger partial charge in [0.05, 0.1) is 11.8 Å². The fraction of sp³-hybridized carbons (Fsp3) is 0.0833. The van der Waals surface area contributed by atoms with Crippen LogP contribution in [-0.2, 0) is 0 Å². The van der Waals surface area contributed by atoms with Gasteiger partial charge in [-0.2, -0.15) is 0 Å². The molecule has 0 spiro atoms. The van der Waals surface area contributed by atoms with Crippen molar-refractivity contribution in [1.82, 2.24) is 0 Å². The first-order valence-electron chi connectivity index (χ1n) is 4.61. The summed E-state index contributed by atoms with van der Waals surface area (Å²) in [6.07, 6.45) is 2.89. The standard InChI is InChI=1S/C12H11NO2/c1-8-2-3-11(13)10(6-8)12(14)9-4-5-15-7-9/h2-7H,13H2,1H3. The average Bonchev–Trinajstić information content (AvgIpc) is 2.74. The quantitative estimate of drug-likeness (QED) is 0.599. The van der Waals surface area contributed by atoms with Gasteiger partial charge in [-0.3, -0.25) is 4.79 Å². The Morgan fingerprint density at radius 2 is 2.13 bits per heavy atom. The van der Waals surface area contributed by atoms with Crippen LogP contribution in [0, 0.1) is 6.92 Å². The smallest absolute Gasteiger partial charge is 0.198 e. The van der Waals surface area contributed by atoms with Crippen LogP contribution in [0.5, 0.6) is 0 Å². The zero-order valence-electron chi connectivity index (χ0n) is 8.36. The van der Waals surface area contributed by atoms with Crippen LogP contribution in [0.4, 0.5) is 5.69 Å². The molecule has 2 N–H and O–H groups in total. The second kappa shape index (κ2) is 3.61. The maximum absolute atomic E-state index is 11.9. The Labute approximate surface area is 87.5 Å². The van der Waals surface area contributed by atoms with Crippen LogP contribution in [-0.4, -0.2) is 5.78 Å². The lowest BCUT2D eigenvalue weighted by atomic mass is 10.0. The van der Waals surface area contributed by atoms with Crippen LogP contribution in [0.25, 0.3) is 0 Å². The number of carbonyl (C=O) groups excluding carboxylic acids is 1. The van der Waals surface area contributed by atoms with E-state index in [1.807, 2.05) is 13.0 Å². The number of aryl methyl sites for hydroxylation is 1. The Bertz CT molecular complexity index is 486. The lowest BCUT2D eigenvalue weighted by Gasteiger charge is -2.03. The van der Waals surface area contributed by atoms with Crippen LogP contribution in [0.1, 0.15) is 21.5 Å². The normalized spacial score (nSPS) is 10.2. The van der Waals surface area contributed by atoms with Gasteiger partial charge in [0, 0.05) is 11.3 Å². The predicted octanol–water partition coefficient (Wildman–Crippen LogP) is 2.40. The van der Waals surface area contributed by atoms with E-state index in [0.717, 1.165) is 5.56 Å². The van der Waals surface area contributed by atoms with E-state index in [1.165, 1.54) is 12.5 Å². The van der Waals surface area contributed by atoms with E-state index in [2.05, 4.69) is 0 Å². The Morgan fingerprint density at radius 3 is 2.80 bits per heavy atom. The van der Waals surface area contributed by atoms with E-state index in [-0.39, 0.29) is 5.78 Å². The monoisotopic (exact) mass is 201 g/mol. The van der Waals surface area contributed by atoms with Crippen LogP contribution in [0.15, 0.2) is 41.2 Å². The summed E-state index contributed by atoms with van der Waals surface area (Å²) in [6, 6.07) is 7.03. The van der Waals surface area contributed by atoms with Crippen molar-refractivity contribution in [2.24, 2.45) is 0 Å². The SMILES string of the molecule is Cc1ccc(N)c(C(=O)c2ccoc2)c1. The third-order valence-corrected chi connectivity index (χ3v) is 2.24. The average molecular weight is 201 g/mol. The molecule has 2 aromatic rings. The fourth-order valence-electron chi connectivity index (χ4n) is 1.42. The van der Waals surface area contributed by atoms with Gasteiger partial charge in [-0.15, -0.1) is 0 Å². The molecular formula is C12H11NO2. The van der Waals surface area contributed by atoms with Crippen molar-refractivity contribution in [3.63, 3.8) is 0 Å². The number of benzene rings is 1. The molecule has 76 valence electrons. The molecule has 0 radical (unpaired) electrons. The number of rotatable bonds is 2. The molecule has 1 aromatic carbocycles. The maximum atomic E-state index is 11.9. The van der Waals surface area contributed by atoms with Crippen LogP contribution in [0.2, 0.25) is 0 Å². The Balaban J connectivity index is 2.46. The third kappa shape index (κ3) is 1.76. The summed E-state index contributed by atoms with van der Waals surface area (Å²) < 4.78 is 4.87. The lowest BCUT2D eigenvalue weighted by molar-refractivity contribution is 0.103. The first-order valence-corrected chi connectivity index (χ1v) is 4.61. The molecule has 0 saturated heterocycles. The van der Waals surface area contributed by atoms with Crippen molar-refractivity contribution in [3.8, 4) is 0 Å². The van der Waals surface area contributed by atoms with Gasteiger partial charge in [0.2, 0.25) is 0 Å². The molecule has 15 heavy (non-hydrogen) atoms. The Kier molecular flexibility index (Phi) is 2.29. The molecule has 0 amide bonds. The molecule has 0 saturated carbocycles. The van der Waals surface area contributed by atoms with Gasteiger partial charge >= 0.3 is 0 Å². The van der Waals surface area contributed by atoms with Crippen LogP contribution in [0.3, 0.4) is 0 Å². The molecular weight excluding hydrogens is 190 g/mol. The van der Waals surface area contributed by atoms with E-state index < -0.39 is 0 Å². The number of furan rings is 1. The van der Waals surface area contributed by atoms with E-state index >= 15 is 0 Å². The minimum absolute atomic E-state index is 0.107. The van der Waals surface area contributed by atoms with Gasteiger partial charge in [0.25, 0.3) is 0 Å². The highest BCUT2D eigenvalue weighted by atomic mass is 16.3. The summed E-state index contributed by atoms with van der Waals surface area (Å²) in [6.45, 7) is 1.92. The van der Waals surface area contributed by atoms with Crippen molar-refractivity contribution in [2.75, 3.05) is 5.73 Å². The summed E-state index contributed by atoms with van der Waals surface area (Å²) in [5, 5.41) is 0. The molecule has 0 aliphatic carbocycles. The molecule has 0 aliphatic heterocycles. The third-order valence-electron chi connectivity index (χ3n) is 2.24. The number of ketones is 1. The van der Waals surface area contributed by atoms with E-state index in [4.69, 9.17) is 10.2 Å². The van der Waals surface area contributed by atoms with Crippen molar-refractivity contribution in [2.45, 2.75) is 6.92 Å². The molecule has 3 nitrogen and oxygen atoms in total. The number of nitrogen functional groups attached to an aromatic ring is 1. The molecule has 0 unspecified atom stereocenters. The summed E-state index contributed by atoms with van der Waals surface area (Å²) in [5.74, 6) is -0.107. The van der Waals surface area contributed by atoms with Gasteiger partial charge in [-0.1, -0.05) is 11.6 Å². The van der Waals surface area contributed by atoms with Crippen molar-refractivity contribution in [1.29, 1.82) is 0 Å². The Hall–Kier alpha value is -2.03. The van der Waals surface area contributed by atoms with Crippen molar-refractivity contribution in [3.05, 3.63) is 53.5 Å². The zero-order valence-corrected chi connectivity index (χ0v) is 8.36. The second-order valence-electron chi connectivity index (χ2n) is 3.43. The highest BCUT2D eigenvalue weighted by Crippen LogP contribution is 2.18. The van der Waals surface area contributed by atoms with Gasteiger partial charge < -0.3 is 10.2 Å². The lowest BCUT2D eigenvalue weighted by Crippen LogP contribution is -2.04. The first-order chi connectivity index (χ1) is 7.18. The van der Waals surface area contributed by atoms with Crippen molar-refractivity contribution >= 4 is 11.5 Å². The highest BCUT2D eigenvalue weighted by molar-refractivity contribution is 6.11. The predicted molar refractivity (Wildman–Crippen MR) is 57.7 cm³/mol. The van der Waals surface area contributed by atoms with E-state index in [1.54, 1.807) is 18.2 Å². The summed E-state index contributed by atoms with van der Waals surface area (Å²) in [4.78, 5) is 11.9. The molecule has 0 aliphatic rings. The summed E-state index contributed by atoms with van der Waals surface area (Å²) in [7, 11) is 0. The first kappa shape index (κ1) is 9.52. The van der Waals surface area contributed by atoms with E-state index in [9.17, 15) is 4.79 Å². The largest absolute Gasteiger partial charge is 0.472 e. The number of anilines is 1.